The van der Waals surface area contributed by atoms with E-state index in [1.807, 2.05) is 50.2 Å². The highest BCUT2D eigenvalue weighted by Gasteiger charge is 2.32. The van der Waals surface area contributed by atoms with E-state index in [1.165, 1.54) is 12.1 Å². The van der Waals surface area contributed by atoms with Gasteiger partial charge in [-0.15, -0.1) is 0 Å². The number of rotatable bonds is 12. The van der Waals surface area contributed by atoms with Crippen LogP contribution in [0.15, 0.2) is 69.5 Å². The molecule has 6 aromatic rings. The Morgan fingerprint density at radius 3 is 1.73 bits per heavy atom. The van der Waals surface area contributed by atoms with E-state index in [0.717, 1.165) is 53.7 Å². The van der Waals surface area contributed by atoms with Crippen LogP contribution in [0.2, 0.25) is 0 Å². The lowest BCUT2D eigenvalue weighted by Gasteiger charge is -2.22. The van der Waals surface area contributed by atoms with Crippen molar-refractivity contribution in [2.45, 2.75) is 71.9 Å². The fourth-order valence-corrected chi connectivity index (χ4v) is 7.90. The molecule has 1 atom stereocenters. The van der Waals surface area contributed by atoms with Crippen molar-refractivity contribution >= 4 is 28.2 Å². The molecule has 286 valence electrons. The van der Waals surface area contributed by atoms with E-state index < -0.39 is 25.2 Å². The van der Waals surface area contributed by atoms with E-state index in [4.69, 9.17) is 28.3 Å². The molecule has 14 heteroatoms. The first-order chi connectivity index (χ1) is 26.5. The van der Waals surface area contributed by atoms with Crippen LogP contribution in [-0.4, -0.2) is 69.7 Å². The van der Waals surface area contributed by atoms with Crippen molar-refractivity contribution in [3.63, 3.8) is 0 Å². The summed E-state index contributed by atoms with van der Waals surface area (Å²) in [5.41, 5.74) is 7.44. The molecule has 0 amide bonds. The lowest BCUT2D eigenvalue weighted by atomic mass is 9.91. The summed E-state index contributed by atoms with van der Waals surface area (Å²) in [6, 6.07) is 17.0. The number of likely N-dealkylation sites (tertiary alicyclic amines) is 2. The number of oxazole rings is 2. The molecule has 2 saturated heterocycles. The van der Waals surface area contributed by atoms with E-state index in [9.17, 15) is 27.5 Å². The molecular weight excluding hydrogens is 720 g/mol. The van der Waals surface area contributed by atoms with Crippen LogP contribution in [0.3, 0.4) is 0 Å². The normalized spacial score (nSPS) is 16.7. The third kappa shape index (κ3) is 7.35. The molecule has 2 aliphatic rings. The Morgan fingerprint density at radius 1 is 0.745 bits per heavy atom. The van der Waals surface area contributed by atoms with Crippen molar-refractivity contribution in [1.82, 2.24) is 19.8 Å². The molecule has 4 aromatic carbocycles. The molecule has 2 aliphatic heterocycles. The van der Waals surface area contributed by atoms with Gasteiger partial charge in [0.2, 0.25) is 11.8 Å². The Bertz CT molecular complexity index is 2390. The molecule has 0 unspecified atom stereocenters. The predicted molar refractivity (Wildman–Crippen MR) is 196 cm³/mol. The topological polar surface area (TPSA) is 114 Å². The van der Waals surface area contributed by atoms with Crippen LogP contribution in [0, 0.1) is 13.8 Å². The number of hydrogen-bond donors (Lipinski definition) is 1. The average Bonchev–Trinajstić information content (AvgIpc) is 3.96. The van der Waals surface area contributed by atoms with Crippen molar-refractivity contribution in [2.24, 2.45) is 0 Å². The number of carboxylic acids is 1. The zero-order valence-electron chi connectivity index (χ0n) is 30.2. The number of benzene rings is 4. The minimum atomic E-state index is -3.09. The molecule has 0 aliphatic carbocycles. The Hall–Kier alpha value is -5.47. The molecule has 4 heterocycles. The molecule has 0 bridgehead atoms. The summed E-state index contributed by atoms with van der Waals surface area (Å²) in [6.45, 7) is 0.703. The van der Waals surface area contributed by atoms with Crippen LogP contribution in [0.25, 0.3) is 56.2 Å². The van der Waals surface area contributed by atoms with Gasteiger partial charge in [-0.3, -0.25) is 14.6 Å². The first-order valence-corrected chi connectivity index (χ1v) is 18.2. The molecule has 2 aromatic heterocycles. The van der Waals surface area contributed by atoms with E-state index in [1.54, 1.807) is 17.0 Å². The molecule has 8 rings (SSSR count). The molecule has 2 fully saturated rings. The fraction of sp³-hybridized carbons (Fsp3) is 0.341. The standard InChI is InChI=1S/C41H38F4N4O6/c1-22-26(8-5-10-28(22)37-46-30-16-24(20-48-13-3-4-14-48)33(54-40(42)43)18-35(30)52-37)27-9-6-11-29(23(27)2)38-47-31-17-25(21-49-15-7-12-32(49)39(50)51)34(55-41(44)45)19-36(31)53-38/h5-6,8-11,16-19,32,40-41H,3-4,7,12-15,20-21H2,1-2H3,(H,50,51)/t32-/m1/s1. The summed E-state index contributed by atoms with van der Waals surface area (Å²) in [5.74, 6) is -0.370. The number of ether oxygens (including phenoxy) is 2. The van der Waals surface area contributed by atoms with Gasteiger partial charge in [0.15, 0.2) is 11.2 Å². The van der Waals surface area contributed by atoms with Gasteiger partial charge in [0.05, 0.1) is 0 Å². The van der Waals surface area contributed by atoms with E-state index in [-0.39, 0.29) is 29.5 Å². The van der Waals surface area contributed by atoms with Crippen molar-refractivity contribution in [3.8, 4) is 45.5 Å². The highest BCUT2D eigenvalue weighted by atomic mass is 19.3. The van der Waals surface area contributed by atoms with Gasteiger partial charge < -0.3 is 23.4 Å². The molecule has 0 radical (unpaired) electrons. The second kappa shape index (κ2) is 15.0. The smallest absolute Gasteiger partial charge is 0.387 e. The molecule has 55 heavy (non-hydrogen) atoms. The quantitative estimate of drug-likeness (QED) is 0.121. The number of aliphatic carboxylic acids is 1. The van der Waals surface area contributed by atoms with E-state index in [0.29, 0.717) is 65.1 Å². The zero-order chi connectivity index (χ0) is 38.4. The number of carbonyl (C=O) groups is 1. The van der Waals surface area contributed by atoms with Gasteiger partial charge in [-0.2, -0.15) is 17.6 Å². The maximum Gasteiger partial charge on any atom is 0.387 e. The SMILES string of the molecule is Cc1c(-c2nc3cc(CN4CCCC4)c(OC(F)F)cc3o2)cccc1-c1cccc(-c2nc3cc(CN4CCC[C@@H]4C(=O)O)c(OC(F)F)cc3o2)c1C. The molecule has 0 spiro atoms. The third-order valence-electron chi connectivity index (χ3n) is 10.6. The summed E-state index contributed by atoms with van der Waals surface area (Å²) in [4.78, 5) is 25.2. The number of aromatic nitrogens is 2. The first-order valence-electron chi connectivity index (χ1n) is 18.2. The van der Waals surface area contributed by atoms with Gasteiger partial charge in [-0.25, -0.2) is 9.97 Å². The van der Waals surface area contributed by atoms with Gasteiger partial charge in [0, 0.05) is 47.5 Å². The van der Waals surface area contributed by atoms with Gasteiger partial charge in [0.1, 0.15) is 28.6 Å². The maximum absolute atomic E-state index is 13.5. The van der Waals surface area contributed by atoms with Crippen molar-refractivity contribution in [3.05, 3.63) is 82.9 Å². The molecule has 1 N–H and O–H groups in total. The minimum Gasteiger partial charge on any atom is -0.480 e. The number of hydrogen-bond acceptors (Lipinski definition) is 9. The largest absolute Gasteiger partial charge is 0.480 e. The van der Waals surface area contributed by atoms with Crippen molar-refractivity contribution in [2.75, 3.05) is 19.6 Å². The fourth-order valence-electron chi connectivity index (χ4n) is 7.90. The summed E-state index contributed by atoms with van der Waals surface area (Å²) < 4.78 is 75.9. The van der Waals surface area contributed by atoms with Crippen molar-refractivity contribution in [1.29, 1.82) is 0 Å². The van der Waals surface area contributed by atoms with Gasteiger partial charge in [-0.1, -0.05) is 24.3 Å². The number of fused-ring (bicyclic) bond motifs is 2. The summed E-state index contributed by atoms with van der Waals surface area (Å²) in [5, 5.41) is 9.66. The third-order valence-corrected chi connectivity index (χ3v) is 10.6. The van der Waals surface area contributed by atoms with Gasteiger partial charge in [-0.05, 0) is 106 Å². The molecule has 10 nitrogen and oxygen atoms in total. The second-order valence-corrected chi connectivity index (χ2v) is 14.1. The number of halogens is 4. The summed E-state index contributed by atoms with van der Waals surface area (Å²) in [6.07, 6.45) is 3.28. The van der Waals surface area contributed by atoms with E-state index >= 15 is 0 Å². The van der Waals surface area contributed by atoms with Crippen LogP contribution < -0.4 is 9.47 Å². The Labute approximate surface area is 313 Å². The number of carboxylic acid groups (broad SMARTS) is 1. The molecular formula is C41H38F4N4O6. The lowest BCUT2D eigenvalue weighted by molar-refractivity contribution is -0.142. The van der Waals surface area contributed by atoms with Crippen LogP contribution in [0.5, 0.6) is 11.5 Å². The van der Waals surface area contributed by atoms with Gasteiger partial charge >= 0.3 is 19.2 Å². The maximum atomic E-state index is 13.5. The van der Waals surface area contributed by atoms with E-state index in [2.05, 4.69) is 4.90 Å². The van der Waals surface area contributed by atoms with Gasteiger partial charge in [0.25, 0.3) is 0 Å². The number of nitrogens with zero attached hydrogens (tertiary/aromatic N) is 4. The Balaban J connectivity index is 1.13. The highest BCUT2D eigenvalue weighted by Crippen LogP contribution is 2.40. The lowest BCUT2D eigenvalue weighted by Crippen LogP contribution is -2.35. The predicted octanol–water partition coefficient (Wildman–Crippen LogP) is 9.43. The van der Waals surface area contributed by atoms with Crippen LogP contribution in [-0.2, 0) is 17.9 Å². The minimum absolute atomic E-state index is 0.0709. The second-order valence-electron chi connectivity index (χ2n) is 14.1. The van der Waals surface area contributed by atoms with Crippen LogP contribution in [0.1, 0.15) is 47.9 Å². The van der Waals surface area contributed by atoms with Crippen molar-refractivity contribution < 1.29 is 45.8 Å². The Kier molecular flexibility index (Phi) is 9.95. The van der Waals surface area contributed by atoms with Crippen LogP contribution >= 0.6 is 0 Å². The number of alkyl halides is 4. The monoisotopic (exact) mass is 758 g/mol. The molecule has 0 saturated carbocycles. The summed E-state index contributed by atoms with van der Waals surface area (Å²) in [7, 11) is 0. The first kappa shape index (κ1) is 36.5. The zero-order valence-corrected chi connectivity index (χ0v) is 30.2. The summed E-state index contributed by atoms with van der Waals surface area (Å²) >= 11 is 0. The average molecular weight is 759 g/mol. The Morgan fingerprint density at radius 2 is 1.24 bits per heavy atom. The highest BCUT2D eigenvalue weighted by molar-refractivity contribution is 5.85. The van der Waals surface area contributed by atoms with Crippen LogP contribution in [0.4, 0.5) is 17.6 Å².